The van der Waals surface area contributed by atoms with E-state index in [1.807, 2.05) is 0 Å². The number of hydrogen-bond donors (Lipinski definition) is 2. The normalized spacial score (nSPS) is 10.1. The van der Waals surface area contributed by atoms with E-state index >= 15 is 0 Å². The summed E-state index contributed by atoms with van der Waals surface area (Å²) in [6.45, 7) is 1.14. The first kappa shape index (κ1) is 15.5. The Morgan fingerprint density at radius 3 is 2.64 bits per heavy atom. The summed E-state index contributed by atoms with van der Waals surface area (Å²) < 4.78 is 18.3. The minimum Gasteiger partial charge on any atom is -0.507 e. The monoisotopic (exact) mass is 303 g/mol. The SMILES string of the molecule is Cc1ccc(NC(=O)COC(=O)c2ccccc2O)c(F)c1. The van der Waals surface area contributed by atoms with Gasteiger partial charge in [-0.05, 0) is 36.8 Å². The number of amides is 1. The molecule has 0 aliphatic rings. The number of benzene rings is 2. The number of aryl methyl sites for hydroxylation is 1. The predicted molar refractivity (Wildman–Crippen MR) is 78.2 cm³/mol. The Morgan fingerprint density at radius 2 is 1.95 bits per heavy atom. The van der Waals surface area contributed by atoms with E-state index in [1.54, 1.807) is 25.1 Å². The maximum atomic E-state index is 13.6. The summed E-state index contributed by atoms with van der Waals surface area (Å²) in [6.07, 6.45) is 0. The van der Waals surface area contributed by atoms with Gasteiger partial charge in [-0.1, -0.05) is 18.2 Å². The van der Waals surface area contributed by atoms with E-state index in [2.05, 4.69) is 5.32 Å². The van der Waals surface area contributed by atoms with Crippen LogP contribution in [-0.4, -0.2) is 23.6 Å². The van der Waals surface area contributed by atoms with Gasteiger partial charge in [0.2, 0.25) is 0 Å². The molecular formula is C16H14FNO4. The highest BCUT2D eigenvalue weighted by molar-refractivity contribution is 5.96. The third-order valence-corrected chi connectivity index (χ3v) is 2.86. The van der Waals surface area contributed by atoms with Gasteiger partial charge in [-0.2, -0.15) is 0 Å². The van der Waals surface area contributed by atoms with Gasteiger partial charge in [0.1, 0.15) is 17.1 Å². The largest absolute Gasteiger partial charge is 0.507 e. The fourth-order valence-electron chi connectivity index (χ4n) is 1.76. The average Bonchev–Trinajstić information content (AvgIpc) is 2.48. The molecule has 0 saturated heterocycles. The van der Waals surface area contributed by atoms with Gasteiger partial charge in [-0.25, -0.2) is 9.18 Å². The molecule has 2 aromatic carbocycles. The molecule has 0 aliphatic heterocycles. The van der Waals surface area contributed by atoms with Crippen molar-refractivity contribution in [2.24, 2.45) is 0 Å². The Hall–Kier alpha value is -2.89. The first-order valence-electron chi connectivity index (χ1n) is 6.48. The molecule has 0 radical (unpaired) electrons. The van der Waals surface area contributed by atoms with Crippen LogP contribution in [0.3, 0.4) is 0 Å². The molecule has 1 amide bonds. The topological polar surface area (TPSA) is 75.6 Å². The lowest BCUT2D eigenvalue weighted by atomic mass is 10.2. The van der Waals surface area contributed by atoms with E-state index in [0.717, 1.165) is 5.56 Å². The minimum atomic E-state index is -0.836. The van der Waals surface area contributed by atoms with Crippen LogP contribution >= 0.6 is 0 Å². The van der Waals surface area contributed by atoms with Gasteiger partial charge in [-0.3, -0.25) is 4.79 Å². The van der Waals surface area contributed by atoms with Gasteiger partial charge >= 0.3 is 5.97 Å². The smallest absolute Gasteiger partial charge is 0.342 e. The molecule has 2 N–H and O–H groups in total. The van der Waals surface area contributed by atoms with Crippen LogP contribution in [-0.2, 0) is 9.53 Å². The molecule has 0 aliphatic carbocycles. The lowest BCUT2D eigenvalue weighted by Gasteiger charge is -2.08. The second-order valence-corrected chi connectivity index (χ2v) is 4.62. The zero-order chi connectivity index (χ0) is 16.1. The number of aromatic hydroxyl groups is 1. The van der Waals surface area contributed by atoms with Crippen LogP contribution < -0.4 is 5.32 Å². The number of phenolic OH excluding ortho intramolecular Hbond substituents is 1. The Bertz CT molecular complexity index is 715. The molecule has 0 saturated carbocycles. The third-order valence-electron chi connectivity index (χ3n) is 2.86. The summed E-state index contributed by atoms with van der Waals surface area (Å²) in [5.74, 6) is -2.32. The molecule has 114 valence electrons. The van der Waals surface area contributed by atoms with Crippen molar-refractivity contribution in [2.45, 2.75) is 6.92 Å². The molecule has 2 aromatic rings. The quantitative estimate of drug-likeness (QED) is 0.851. The van der Waals surface area contributed by atoms with Crippen molar-refractivity contribution in [3.8, 4) is 5.75 Å². The van der Waals surface area contributed by atoms with Gasteiger partial charge < -0.3 is 15.2 Å². The second-order valence-electron chi connectivity index (χ2n) is 4.62. The average molecular weight is 303 g/mol. The van der Waals surface area contributed by atoms with Crippen molar-refractivity contribution in [1.82, 2.24) is 0 Å². The number of anilines is 1. The molecule has 0 heterocycles. The molecule has 0 unspecified atom stereocenters. The standard InChI is InChI=1S/C16H14FNO4/c1-10-6-7-13(12(17)8-10)18-15(20)9-22-16(21)11-4-2-3-5-14(11)19/h2-8,19H,9H2,1H3,(H,18,20). The Kier molecular flexibility index (Phi) is 4.73. The number of carbonyl (C=O) groups excluding carboxylic acids is 2. The Morgan fingerprint density at radius 1 is 1.23 bits per heavy atom. The van der Waals surface area contributed by atoms with Crippen molar-refractivity contribution < 1.29 is 23.8 Å². The molecule has 0 aromatic heterocycles. The molecule has 0 spiro atoms. The Labute approximate surface area is 126 Å². The number of para-hydroxylation sites is 1. The summed E-state index contributed by atoms with van der Waals surface area (Å²) in [7, 11) is 0. The van der Waals surface area contributed by atoms with E-state index in [0.29, 0.717) is 0 Å². The van der Waals surface area contributed by atoms with Crippen LogP contribution in [0.4, 0.5) is 10.1 Å². The number of carbonyl (C=O) groups is 2. The van der Waals surface area contributed by atoms with E-state index in [4.69, 9.17) is 4.74 Å². The number of hydrogen-bond acceptors (Lipinski definition) is 4. The minimum absolute atomic E-state index is 0.00853. The van der Waals surface area contributed by atoms with Crippen LogP contribution in [0.2, 0.25) is 0 Å². The van der Waals surface area contributed by atoms with Crippen LogP contribution in [0.15, 0.2) is 42.5 Å². The summed E-state index contributed by atoms with van der Waals surface area (Å²) in [6, 6.07) is 10.2. The van der Waals surface area contributed by atoms with Crippen molar-refractivity contribution in [1.29, 1.82) is 0 Å². The van der Waals surface area contributed by atoms with Gasteiger partial charge in [0.05, 0.1) is 5.69 Å². The van der Waals surface area contributed by atoms with Crippen molar-refractivity contribution in [3.63, 3.8) is 0 Å². The lowest BCUT2D eigenvalue weighted by Crippen LogP contribution is -2.21. The van der Waals surface area contributed by atoms with E-state index < -0.39 is 24.3 Å². The zero-order valence-electron chi connectivity index (χ0n) is 11.8. The number of halogens is 1. The highest BCUT2D eigenvalue weighted by Gasteiger charge is 2.14. The van der Waals surface area contributed by atoms with E-state index in [1.165, 1.54) is 24.3 Å². The first-order valence-corrected chi connectivity index (χ1v) is 6.48. The van der Waals surface area contributed by atoms with Crippen molar-refractivity contribution in [3.05, 3.63) is 59.4 Å². The number of rotatable bonds is 4. The summed E-state index contributed by atoms with van der Waals surface area (Å²) in [5.41, 5.74) is 0.688. The van der Waals surface area contributed by atoms with Gasteiger partial charge in [-0.15, -0.1) is 0 Å². The van der Waals surface area contributed by atoms with Crippen LogP contribution in [0.1, 0.15) is 15.9 Å². The number of nitrogens with one attached hydrogen (secondary N) is 1. The summed E-state index contributed by atoms with van der Waals surface area (Å²) in [5, 5.41) is 11.8. The van der Waals surface area contributed by atoms with Crippen molar-refractivity contribution in [2.75, 3.05) is 11.9 Å². The van der Waals surface area contributed by atoms with Gasteiger partial charge in [0.15, 0.2) is 6.61 Å². The predicted octanol–water partition coefficient (Wildman–Crippen LogP) is 2.64. The molecule has 0 atom stereocenters. The van der Waals surface area contributed by atoms with Crippen LogP contribution in [0.25, 0.3) is 0 Å². The maximum absolute atomic E-state index is 13.6. The van der Waals surface area contributed by atoms with E-state index in [-0.39, 0.29) is 17.0 Å². The fraction of sp³-hybridized carbons (Fsp3) is 0.125. The first-order chi connectivity index (χ1) is 10.5. The molecule has 0 bridgehead atoms. The third kappa shape index (κ3) is 3.82. The second kappa shape index (κ2) is 6.71. The van der Waals surface area contributed by atoms with Gasteiger partial charge in [0, 0.05) is 0 Å². The number of esters is 1. The highest BCUT2D eigenvalue weighted by atomic mass is 19.1. The zero-order valence-corrected chi connectivity index (χ0v) is 11.8. The summed E-state index contributed by atoms with van der Waals surface area (Å²) in [4.78, 5) is 23.4. The molecule has 6 heteroatoms. The van der Waals surface area contributed by atoms with Gasteiger partial charge in [0.25, 0.3) is 5.91 Å². The van der Waals surface area contributed by atoms with Crippen LogP contribution in [0.5, 0.6) is 5.75 Å². The molecular weight excluding hydrogens is 289 g/mol. The molecule has 0 fully saturated rings. The van der Waals surface area contributed by atoms with Crippen LogP contribution in [0, 0.1) is 12.7 Å². The highest BCUT2D eigenvalue weighted by Crippen LogP contribution is 2.17. The summed E-state index contributed by atoms with van der Waals surface area (Å²) >= 11 is 0. The van der Waals surface area contributed by atoms with Crippen molar-refractivity contribution >= 4 is 17.6 Å². The molecule has 5 nitrogen and oxygen atoms in total. The fourth-order valence-corrected chi connectivity index (χ4v) is 1.76. The molecule has 22 heavy (non-hydrogen) atoms. The number of ether oxygens (including phenoxy) is 1. The Balaban J connectivity index is 1.93. The van der Waals surface area contributed by atoms with E-state index in [9.17, 15) is 19.1 Å². The number of phenols is 1. The maximum Gasteiger partial charge on any atom is 0.342 e. The molecule has 2 rings (SSSR count). The lowest BCUT2D eigenvalue weighted by molar-refractivity contribution is -0.119.